The summed E-state index contributed by atoms with van der Waals surface area (Å²) in [4.78, 5) is 30.8. The van der Waals surface area contributed by atoms with Crippen LogP contribution in [0.5, 0.6) is 0 Å². The van der Waals surface area contributed by atoms with Crippen molar-refractivity contribution in [1.29, 1.82) is 5.26 Å². The highest BCUT2D eigenvalue weighted by molar-refractivity contribution is 6.30. The quantitative estimate of drug-likeness (QED) is 0.304. The van der Waals surface area contributed by atoms with Crippen LogP contribution in [-0.4, -0.2) is 40.1 Å². The fourth-order valence-corrected chi connectivity index (χ4v) is 4.24. The molecular formula is C27H22ClF2N3O2. The lowest BCUT2D eigenvalue weighted by Crippen LogP contribution is -2.51. The Hall–Kier alpha value is -3.63. The molecule has 1 aromatic heterocycles. The van der Waals surface area contributed by atoms with Crippen LogP contribution in [0.3, 0.4) is 0 Å². The summed E-state index contributed by atoms with van der Waals surface area (Å²) in [6, 6.07) is 15.5. The second kappa shape index (κ2) is 10.3. The molecule has 4 rings (SSSR count). The minimum Gasteiger partial charge on any atom is -0.321 e. The van der Waals surface area contributed by atoms with E-state index in [1.54, 1.807) is 18.2 Å². The Morgan fingerprint density at radius 2 is 1.83 bits per heavy atom. The van der Waals surface area contributed by atoms with Gasteiger partial charge in [-0.1, -0.05) is 42.0 Å². The van der Waals surface area contributed by atoms with E-state index in [0.29, 0.717) is 21.5 Å². The smallest absolute Gasteiger partial charge is 0.265 e. The normalized spacial score (nSPS) is 17.4. The molecule has 35 heavy (non-hydrogen) atoms. The van der Waals surface area contributed by atoms with Crippen LogP contribution in [0, 0.1) is 11.3 Å². The number of rotatable bonds is 6. The maximum atomic E-state index is 13.8. The molecule has 178 valence electrons. The van der Waals surface area contributed by atoms with Crippen LogP contribution < -0.4 is 0 Å². The number of benzene rings is 2. The van der Waals surface area contributed by atoms with Crippen molar-refractivity contribution in [3.8, 4) is 6.07 Å². The van der Waals surface area contributed by atoms with Gasteiger partial charge in [-0.05, 0) is 47.9 Å². The van der Waals surface area contributed by atoms with Crippen LogP contribution in [0.25, 0.3) is 23.1 Å². The third kappa shape index (κ3) is 5.90. The molecule has 1 aliphatic rings. The fraction of sp³-hybridized carbons (Fsp3) is 0.259. The van der Waals surface area contributed by atoms with E-state index in [0.717, 1.165) is 16.0 Å². The average molecular weight is 494 g/mol. The van der Waals surface area contributed by atoms with E-state index >= 15 is 0 Å². The molecule has 2 heterocycles. The number of hydrogen-bond donors (Lipinski definition) is 0. The second-order valence-electron chi connectivity index (χ2n) is 8.50. The number of ketones is 1. The van der Waals surface area contributed by atoms with Gasteiger partial charge in [0.25, 0.3) is 5.92 Å². The molecule has 0 aliphatic carbocycles. The van der Waals surface area contributed by atoms with Gasteiger partial charge < -0.3 is 4.90 Å². The molecule has 0 saturated carbocycles. The van der Waals surface area contributed by atoms with Crippen LogP contribution in [0.1, 0.15) is 47.2 Å². The Bertz CT molecular complexity index is 1330. The minimum absolute atomic E-state index is 0.0789. The van der Waals surface area contributed by atoms with Crippen LogP contribution in [0.4, 0.5) is 8.78 Å². The largest absolute Gasteiger partial charge is 0.321 e. The van der Waals surface area contributed by atoms with Gasteiger partial charge in [0.05, 0.1) is 18.1 Å². The molecule has 5 nitrogen and oxygen atoms in total. The van der Waals surface area contributed by atoms with Crippen molar-refractivity contribution in [2.45, 2.75) is 37.6 Å². The lowest BCUT2D eigenvalue weighted by molar-refractivity contribution is -0.144. The van der Waals surface area contributed by atoms with Crippen molar-refractivity contribution in [1.82, 2.24) is 9.88 Å². The fourth-order valence-electron chi connectivity index (χ4n) is 4.11. The van der Waals surface area contributed by atoms with Crippen LogP contribution in [0.2, 0.25) is 5.02 Å². The number of carbonyl (C=O) groups is 2. The van der Waals surface area contributed by atoms with Gasteiger partial charge in [-0.2, -0.15) is 5.26 Å². The number of hydrogen-bond acceptors (Lipinski definition) is 4. The number of fused-ring (bicyclic) bond motifs is 1. The van der Waals surface area contributed by atoms with Gasteiger partial charge in [0.15, 0.2) is 5.78 Å². The number of piperidine rings is 1. The van der Waals surface area contributed by atoms with Crippen molar-refractivity contribution >= 4 is 46.3 Å². The van der Waals surface area contributed by atoms with Crippen molar-refractivity contribution < 1.29 is 18.4 Å². The third-order valence-corrected chi connectivity index (χ3v) is 6.25. The summed E-state index contributed by atoms with van der Waals surface area (Å²) < 4.78 is 27.6. The predicted molar refractivity (Wildman–Crippen MR) is 131 cm³/mol. The third-order valence-electron chi connectivity index (χ3n) is 6.00. The SMILES string of the molecule is N#C[C@@H]1CCC(F)(F)CN1C(=O)CCC(=O)c1ccnc2ccc(/C=C/c3ccc(Cl)cc3)cc12. The first-order chi connectivity index (χ1) is 16.8. The molecule has 0 N–H and O–H groups in total. The van der Waals surface area contributed by atoms with Crippen LogP contribution in [0.15, 0.2) is 54.7 Å². The van der Waals surface area contributed by atoms with Crippen LogP contribution >= 0.6 is 11.6 Å². The van der Waals surface area contributed by atoms with Crippen molar-refractivity contribution in [2.75, 3.05) is 6.54 Å². The average Bonchev–Trinajstić information content (AvgIpc) is 2.85. The number of nitriles is 1. The minimum atomic E-state index is -3.02. The number of halogens is 3. The summed E-state index contributed by atoms with van der Waals surface area (Å²) in [6.45, 7) is -0.792. The van der Waals surface area contributed by atoms with Crippen LogP contribution in [-0.2, 0) is 4.79 Å². The molecule has 3 aromatic rings. The Labute approximate surface area is 206 Å². The first-order valence-corrected chi connectivity index (χ1v) is 11.6. The molecule has 2 aromatic carbocycles. The summed E-state index contributed by atoms with van der Waals surface area (Å²) in [5, 5.41) is 10.5. The molecular weight excluding hydrogens is 472 g/mol. The number of carbonyl (C=O) groups excluding carboxylic acids is 2. The monoisotopic (exact) mass is 493 g/mol. The lowest BCUT2D eigenvalue weighted by atomic mass is 9.97. The molecule has 1 atom stereocenters. The molecule has 1 saturated heterocycles. The molecule has 1 amide bonds. The number of alkyl halides is 2. The Morgan fingerprint density at radius 3 is 2.57 bits per heavy atom. The number of nitrogens with zero attached hydrogens (tertiary/aromatic N) is 3. The lowest BCUT2D eigenvalue weighted by Gasteiger charge is -2.36. The van der Waals surface area contributed by atoms with E-state index < -0.39 is 30.8 Å². The predicted octanol–water partition coefficient (Wildman–Crippen LogP) is 6.17. The molecule has 0 radical (unpaired) electrons. The molecule has 0 bridgehead atoms. The molecule has 1 aliphatic heterocycles. The van der Waals surface area contributed by atoms with E-state index in [2.05, 4.69) is 4.98 Å². The van der Waals surface area contributed by atoms with Gasteiger partial charge >= 0.3 is 0 Å². The first kappa shape index (κ1) is 24.5. The van der Waals surface area contributed by atoms with Gasteiger partial charge in [-0.15, -0.1) is 0 Å². The number of pyridine rings is 1. The number of Topliss-reactive ketones (excluding diaryl/α,β-unsaturated/α-hetero) is 1. The van der Waals surface area contributed by atoms with Crippen molar-refractivity contribution in [3.05, 3.63) is 76.4 Å². The van der Waals surface area contributed by atoms with Crippen molar-refractivity contribution in [3.63, 3.8) is 0 Å². The number of aromatic nitrogens is 1. The van der Waals surface area contributed by atoms with Gasteiger partial charge in [0.2, 0.25) is 5.91 Å². The summed E-state index contributed by atoms with van der Waals surface area (Å²) >= 11 is 5.92. The molecule has 8 heteroatoms. The number of likely N-dealkylation sites (tertiary alicyclic amines) is 1. The summed E-state index contributed by atoms with van der Waals surface area (Å²) in [5.41, 5.74) is 2.86. The van der Waals surface area contributed by atoms with E-state index in [9.17, 15) is 23.6 Å². The number of amides is 1. The van der Waals surface area contributed by atoms with Gasteiger partial charge in [0, 0.05) is 41.4 Å². The van der Waals surface area contributed by atoms with E-state index in [4.69, 9.17) is 11.6 Å². The zero-order valence-electron chi connectivity index (χ0n) is 18.8. The van der Waals surface area contributed by atoms with E-state index in [1.165, 1.54) is 6.20 Å². The van der Waals surface area contributed by atoms with Gasteiger partial charge in [-0.25, -0.2) is 8.78 Å². The van der Waals surface area contributed by atoms with E-state index in [1.807, 2.05) is 48.6 Å². The molecule has 0 spiro atoms. The highest BCUT2D eigenvalue weighted by Crippen LogP contribution is 2.31. The van der Waals surface area contributed by atoms with Gasteiger partial charge in [0.1, 0.15) is 6.04 Å². The first-order valence-electron chi connectivity index (χ1n) is 11.2. The highest BCUT2D eigenvalue weighted by atomic mass is 35.5. The Kier molecular flexibility index (Phi) is 7.23. The maximum absolute atomic E-state index is 13.8. The topological polar surface area (TPSA) is 74.1 Å². The molecule has 1 fully saturated rings. The van der Waals surface area contributed by atoms with Gasteiger partial charge in [-0.3, -0.25) is 14.6 Å². The Balaban J connectivity index is 1.50. The Morgan fingerprint density at radius 1 is 1.11 bits per heavy atom. The molecule has 0 unspecified atom stereocenters. The zero-order chi connectivity index (χ0) is 25.0. The summed E-state index contributed by atoms with van der Waals surface area (Å²) in [7, 11) is 0. The second-order valence-corrected chi connectivity index (χ2v) is 8.94. The maximum Gasteiger partial charge on any atom is 0.265 e. The summed E-state index contributed by atoms with van der Waals surface area (Å²) in [6.07, 6.45) is 4.46. The highest BCUT2D eigenvalue weighted by Gasteiger charge is 2.42. The zero-order valence-corrected chi connectivity index (χ0v) is 19.5. The standard InChI is InChI=1S/C27H22ClF2N3O2/c28-20-6-3-18(4-7-20)1-2-19-5-8-24-23(15-19)22(12-14-32-24)25(34)9-10-26(35)33-17-27(29,30)13-11-21(33)16-31/h1-8,12,14-15,21H,9-11,13,17H2/b2-1+/t21-/m0/s1. The van der Waals surface area contributed by atoms with Crippen molar-refractivity contribution in [2.24, 2.45) is 0 Å². The van der Waals surface area contributed by atoms with E-state index in [-0.39, 0.29) is 25.0 Å². The summed E-state index contributed by atoms with van der Waals surface area (Å²) in [5.74, 6) is -3.93.